The lowest BCUT2D eigenvalue weighted by atomic mass is 10.0. The van der Waals surface area contributed by atoms with Crippen molar-refractivity contribution in [2.24, 2.45) is 0 Å². The van der Waals surface area contributed by atoms with Gasteiger partial charge >= 0.3 is 6.18 Å². The number of benzene rings is 1. The summed E-state index contributed by atoms with van der Waals surface area (Å²) in [5.41, 5.74) is 1.83. The summed E-state index contributed by atoms with van der Waals surface area (Å²) in [6, 6.07) is 7.75. The molecule has 1 atom stereocenters. The Kier molecular flexibility index (Phi) is 4.45. The summed E-state index contributed by atoms with van der Waals surface area (Å²) >= 11 is 0.672. The van der Waals surface area contributed by atoms with E-state index in [9.17, 15) is 13.2 Å². The number of hydrogen-bond acceptors (Lipinski definition) is 3. The highest BCUT2D eigenvalue weighted by molar-refractivity contribution is 7.15. The van der Waals surface area contributed by atoms with Crippen LogP contribution in [0.2, 0.25) is 0 Å². The van der Waals surface area contributed by atoms with Crippen LogP contribution in [0.3, 0.4) is 0 Å². The van der Waals surface area contributed by atoms with Crippen molar-refractivity contribution in [1.82, 2.24) is 10.3 Å². The lowest BCUT2D eigenvalue weighted by molar-refractivity contribution is -0.137. The monoisotopic (exact) mass is 300 g/mol. The molecular weight excluding hydrogens is 285 g/mol. The number of thiazole rings is 1. The summed E-state index contributed by atoms with van der Waals surface area (Å²) in [6.45, 7) is 2.06. The molecule has 0 spiro atoms. The zero-order valence-electron chi connectivity index (χ0n) is 11.2. The van der Waals surface area contributed by atoms with Gasteiger partial charge in [-0.15, -0.1) is 11.3 Å². The van der Waals surface area contributed by atoms with E-state index in [1.807, 2.05) is 25.2 Å². The molecule has 2 aromatic rings. The maximum Gasteiger partial charge on any atom is 0.443 e. The Balaban J connectivity index is 2.34. The summed E-state index contributed by atoms with van der Waals surface area (Å²) in [5.74, 6) is 0. The molecule has 0 radical (unpaired) electrons. The number of nitrogens with one attached hydrogen (secondary N) is 1. The van der Waals surface area contributed by atoms with Crippen LogP contribution in [0.4, 0.5) is 13.2 Å². The van der Waals surface area contributed by atoms with Crippen LogP contribution in [0.1, 0.15) is 30.0 Å². The lowest BCUT2D eigenvalue weighted by Gasteiger charge is -2.14. The molecule has 1 unspecified atom stereocenters. The highest BCUT2D eigenvalue weighted by Crippen LogP contribution is 2.36. The highest BCUT2D eigenvalue weighted by Gasteiger charge is 2.34. The maximum absolute atomic E-state index is 12.6. The van der Waals surface area contributed by atoms with E-state index in [0.717, 1.165) is 17.5 Å². The second-order valence-electron chi connectivity index (χ2n) is 4.40. The van der Waals surface area contributed by atoms with E-state index in [4.69, 9.17) is 0 Å². The van der Waals surface area contributed by atoms with Crippen molar-refractivity contribution in [2.45, 2.75) is 25.6 Å². The Labute approximate surface area is 119 Å². The second kappa shape index (κ2) is 5.93. The van der Waals surface area contributed by atoms with E-state index in [1.165, 1.54) is 6.20 Å². The van der Waals surface area contributed by atoms with Crippen LogP contribution in [-0.4, -0.2) is 12.0 Å². The van der Waals surface area contributed by atoms with E-state index in [1.54, 1.807) is 6.07 Å². The largest absolute Gasteiger partial charge is 0.443 e. The van der Waals surface area contributed by atoms with E-state index >= 15 is 0 Å². The van der Waals surface area contributed by atoms with Crippen LogP contribution in [0.25, 0.3) is 10.4 Å². The minimum Gasteiger partial charge on any atom is -0.313 e. The van der Waals surface area contributed by atoms with Gasteiger partial charge in [-0.25, -0.2) is 4.98 Å². The maximum atomic E-state index is 12.6. The van der Waals surface area contributed by atoms with Crippen molar-refractivity contribution in [3.63, 3.8) is 0 Å². The topological polar surface area (TPSA) is 24.9 Å². The fourth-order valence-corrected chi connectivity index (χ4v) is 2.83. The van der Waals surface area contributed by atoms with E-state index in [2.05, 4.69) is 17.2 Å². The lowest BCUT2D eigenvalue weighted by Crippen LogP contribution is -2.14. The minimum absolute atomic E-state index is 0.199. The number of nitrogens with zero attached hydrogens (tertiary/aromatic N) is 1. The van der Waals surface area contributed by atoms with Crippen molar-refractivity contribution >= 4 is 11.3 Å². The van der Waals surface area contributed by atoms with E-state index in [0.29, 0.717) is 16.2 Å². The number of rotatable bonds is 4. The zero-order valence-corrected chi connectivity index (χ0v) is 12.0. The number of halogens is 3. The SMILES string of the molecule is CCC(NC)c1cccc(-c2cnc(C(F)(F)F)s2)c1. The van der Waals surface area contributed by atoms with Gasteiger partial charge in [-0.3, -0.25) is 0 Å². The predicted octanol–water partition coefficient (Wildman–Crippen LogP) is 4.50. The van der Waals surface area contributed by atoms with Crippen LogP contribution >= 0.6 is 11.3 Å². The Morgan fingerprint density at radius 2 is 2.10 bits per heavy atom. The molecule has 20 heavy (non-hydrogen) atoms. The molecule has 0 saturated heterocycles. The normalized spacial score (nSPS) is 13.4. The van der Waals surface area contributed by atoms with Crippen molar-refractivity contribution in [3.05, 3.63) is 41.0 Å². The third kappa shape index (κ3) is 3.19. The summed E-state index contributed by atoms with van der Waals surface area (Å²) in [5, 5.41) is 2.38. The van der Waals surface area contributed by atoms with Crippen molar-refractivity contribution in [1.29, 1.82) is 0 Å². The number of aromatic nitrogens is 1. The van der Waals surface area contributed by atoms with Gasteiger partial charge in [-0.05, 0) is 30.7 Å². The first-order valence-electron chi connectivity index (χ1n) is 6.26. The first kappa shape index (κ1) is 15.0. The smallest absolute Gasteiger partial charge is 0.313 e. The Hall–Kier alpha value is -1.40. The Bertz CT molecular complexity index is 574. The Morgan fingerprint density at radius 1 is 1.35 bits per heavy atom. The molecule has 0 saturated carbocycles. The molecule has 6 heteroatoms. The van der Waals surface area contributed by atoms with Crippen LogP contribution in [0, 0.1) is 0 Å². The van der Waals surface area contributed by atoms with Gasteiger partial charge in [0.15, 0.2) is 5.01 Å². The zero-order chi connectivity index (χ0) is 14.8. The summed E-state index contributed by atoms with van der Waals surface area (Å²) in [4.78, 5) is 3.99. The molecule has 1 aromatic heterocycles. The van der Waals surface area contributed by atoms with Gasteiger partial charge in [0, 0.05) is 12.2 Å². The fraction of sp³-hybridized carbons (Fsp3) is 0.357. The summed E-state index contributed by atoms with van der Waals surface area (Å²) in [6.07, 6.45) is -2.18. The first-order valence-corrected chi connectivity index (χ1v) is 7.08. The standard InChI is InChI=1S/C14H15F3N2S/c1-3-11(18-2)9-5-4-6-10(7-9)12-8-19-13(20-12)14(15,16)17/h4-8,11,18H,3H2,1-2H3. The second-order valence-corrected chi connectivity index (χ2v) is 5.43. The Morgan fingerprint density at radius 3 is 2.65 bits per heavy atom. The molecule has 0 aliphatic heterocycles. The van der Waals surface area contributed by atoms with Crippen LogP contribution in [0.15, 0.2) is 30.5 Å². The highest BCUT2D eigenvalue weighted by atomic mass is 32.1. The third-order valence-corrected chi connectivity index (χ3v) is 4.17. The molecule has 0 fully saturated rings. The average Bonchev–Trinajstić information content (AvgIpc) is 2.90. The van der Waals surface area contributed by atoms with Crippen molar-refractivity contribution in [3.8, 4) is 10.4 Å². The molecule has 0 aliphatic carbocycles. The molecular formula is C14H15F3N2S. The van der Waals surface area contributed by atoms with Gasteiger partial charge in [-0.1, -0.05) is 25.1 Å². The molecule has 1 heterocycles. The van der Waals surface area contributed by atoms with Gasteiger partial charge in [0.1, 0.15) is 0 Å². The van der Waals surface area contributed by atoms with Gasteiger partial charge in [-0.2, -0.15) is 13.2 Å². The summed E-state index contributed by atoms with van der Waals surface area (Å²) in [7, 11) is 1.87. The van der Waals surface area contributed by atoms with Gasteiger partial charge in [0.2, 0.25) is 0 Å². The molecule has 108 valence electrons. The van der Waals surface area contributed by atoms with Gasteiger partial charge < -0.3 is 5.32 Å². The molecule has 0 aliphatic rings. The predicted molar refractivity (Wildman–Crippen MR) is 74.6 cm³/mol. The third-order valence-electron chi connectivity index (χ3n) is 3.08. The number of alkyl halides is 3. The number of hydrogen-bond donors (Lipinski definition) is 1. The quantitative estimate of drug-likeness (QED) is 0.899. The minimum atomic E-state index is -4.38. The van der Waals surface area contributed by atoms with Crippen LogP contribution in [-0.2, 0) is 6.18 Å². The van der Waals surface area contributed by atoms with Gasteiger partial charge in [0.25, 0.3) is 0 Å². The van der Waals surface area contributed by atoms with Crippen molar-refractivity contribution < 1.29 is 13.2 Å². The van der Waals surface area contributed by atoms with Crippen LogP contribution < -0.4 is 5.32 Å². The van der Waals surface area contributed by atoms with E-state index < -0.39 is 11.2 Å². The first-order chi connectivity index (χ1) is 9.45. The molecule has 0 amide bonds. The fourth-order valence-electron chi connectivity index (χ4n) is 2.05. The van der Waals surface area contributed by atoms with E-state index in [-0.39, 0.29) is 6.04 Å². The molecule has 2 nitrogen and oxygen atoms in total. The average molecular weight is 300 g/mol. The summed E-state index contributed by atoms with van der Waals surface area (Å²) < 4.78 is 37.7. The molecule has 1 aromatic carbocycles. The van der Waals surface area contributed by atoms with Crippen LogP contribution in [0.5, 0.6) is 0 Å². The van der Waals surface area contributed by atoms with Gasteiger partial charge in [0.05, 0.1) is 4.88 Å². The molecule has 2 rings (SSSR count). The van der Waals surface area contributed by atoms with Crippen molar-refractivity contribution in [2.75, 3.05) is 7.05 Å². The molecule has 1 N–H and O–H groups in total. The molecule has 0 bridgehead atoms.